The van der Waals surface area contributed by atoms with E-state index in [1.165, 1.54) is 17.6 Å². The number of nitriles is 1. The third-order valence-corrected chi connectivity index (χ3v) is 7.87. The molecule has 4 heterocycles. The van der Waals surface area contributed by atoms with Crippen LogP contribution in [0.3, 0.4) is 0 Å². The van der Waals surface area contributed by atoms with Crippen LogP contribution in [0.15, 0.2) is 27.3 Å². The topological polar surface area (TPSA) is 95.9 Å². The van der Waals surface area contributed by atoms with E-state index in [1.54, 1.807) is 12.1 Å². The van der Waals surface area contributed by atoms with E-state index in [2.05, 4.69) is 37.7 Å². The number of hydrogen-bond donors (Lipinski definition) is 2. The molecule has 1 aliphatic carbocycles. The van der Waals surface area contributed by atoms with Crippen LogP contribution < -0.4 is 10.6 Å². The van der Waals surface area contributed by atoms with Gasteiger partial charge in [0.2, 0.25) is 0 Å². The van der Waals surface area contributed by atoms with E-state index in [0.29, 0.717) is 16.3 Å². The van der Waals surface area contributed by atoms with Crippen molar-refractivity contribution < 1.29 is 22.4 Å². The maximum absolute atomic E-state index is 13.9. The Hall–Kier alpha value is -2.78. The Labute approximate surface area is 198 Å². The van der Waals surface area contributed by atoms with Gasteiger partial charge in [-0.1, -0.05) is 0 Å². The largest absolute Gasteiger partial charge is 0.467 e. The standard InChI is InChI=1S/C21H17BrF3N5O2S/c22-16-17(19(31)28-20-11(9-26)10-4-1-2-6-14(10)33-20)29-30-15(21(23,24)25)8-12(27-18(16)30)13-5-3-7-32-13/h3,5,7,12,15,27H,1-2,4,6,8H2,(H,28,31)/t12-,15-/m1/s1. The van der Waals surface area contributed by atoms with Crippen molar-refractivity contribution in [2.45, 2.75) is 50.4 Å². The second kappa shape index (κ2) is 8.22. The van der Waals surface area contributed by atoms with Crippen LogP contribution in [0.2, 0.25) is 0 Å². The molecule has 0 bridgehead atoms. The Morgan fingerprint density at radius 1 is 1.39 bits per heavy atom. The van der Waals surface area contributed by atoms with Gasteiger partial charge in [0, 0.05) is 11.3 Å². The van der Waals surface area contributed by atoms with Crippen LogP contribution in [0.5, 0.6) is 0 Å². The zero-order valence-electron chi connectivity index (χ0n) is 17.0. The number of amides is 1. The van der Waals surface area contributed by atoms with Crippen molar-refractivity contribution in [3.63, 3.8) is 0 Å². The lowest BCUT2D eigenvalue weighted by Gasteiger charge is -2.32. The molecule has 7 nitrogen and oxygen atoms in total. The monoisotopic (exact) mass is 539 g/mol. The van der Waals surface area contributed by atoms with Crippen LogP contribution >= 0.6 is 27.3 Å². The average Bonchev–Trinajstić information content (AvgIpc) is 3.50. The number of aromatic nitrogens is 2. The SMILES string of the molecule is N#Cc1c(NC(=O)c2nn3c(c2Br)N[C@@H](c2ccco2)C[C@@H]3C(F)(F)F)sc2c1CCCC2. The summed E-state index contributed by atoms with van der Waals surface area (Å²) in [6.07, 6.45) is 0.0968. The van der Waals surface area contributed by atoms with Gasteiger partial charge in [-0.15, -0.1) is 11.3 Å². The molecule has 1 amide bonds. The Bertz CT molecular complexity index is 1260. The highest BCUT2D eigenvalue weighted by atomic mass is 79.9. The molecular weight excluding hydrogens is 523 g/mol. The van der Waals surface area contributed by atoms with Gasteiger partial charge in [0.05, 0.1) is 22.3 Å². The normalized spacial score (nSPS) is 19.8. The van der Waals surface area contributed by atoms with Crippen molar-refractivity contribution >= 4 is 44.0 Å². The summed E-state index contributed by atoms with van der Waals surface area (Å²) in [5.74, 6) is -0.283. The Balaban J connectivity index is 1.49. The molecule has 0 aromatic carbocycles. The molecule has 2 aliphatic rings. The molecule has 1 aliphatic heterocycles. The van der Waals surface area contributed by atoms with Crippen molar-refractivity contribution in [1.82, 2.24) is 9.78 Å². The number of halogens is 4. The van der Waals surface area contributed by atoms with Crippen molar-refractivity contribution in [2.24, 2.45) is 0 Å². The molecule has 0 unspecified atom stereocenters. The van der Waals surface area contributed by atoms with E-state index in [9.17, 15) is 23.2 Å². The number of nitrogens with zero attached hydrogens (tertiary/aromatic N) is 3. The Kier molecular flexibility index (Phi) is 5.49. The predicted molar refractivity (Wildman–Crippen MR) is 118 cm³/mol. The molecule has 0 saturated carbocycles. The molecule has 2 atom stereocenters. The van der Waals surface area contributed by atoms with Gasteiger partial charge in [0.25, 0.3) is 5.91 Å². The number of aryl methyl sites for hydroxylation is 1. The molecule has 3 aromatic heterocycles. The summed E-state index contributed by atoms with van der Waals surface area (Å²) in [4.78, 5) is 14.1. The number of hydrogen-bond acceptors (Lipinski definition) is 6. The molecular formula is C21H17BrF3N5O2S. The van der Waals surface area contributed by atoms with Gasteiger partial charge in [-0.05, 0) is 59.3 Å². The maximum Gasteiger partial charge on any atom is 0.410 e. The lowest BCUT2D eigenvalue weighted by molar-refractivity contribution is -0.174. The highest BCUT2D eigenvalue weighted by molar-refractivity contribution is 9.10. The molecule has 3 aromatic rings. The second-order valence-electron chi connectivity index (χ2n) is 7.94. The minimum absolute atomic E-state index is 0.0427. The number of carbonyl (C=O) groups excluding carboxylic acids is 1. The minimum Gasteiger partial charge on any atom is -0.467 e. The van der Waals surface area contributed by atoms with Crippen molar-refractivity contribution in [3.8, 4) is 6.07 Å². The van der Waals surface area contributed by atoms with Crippen LogP contribution in [-0.2, 0) is 12.8 Å². The molecule has 0 spiro atoms. The number of fused-ring (bicyclic) bond motifs is 2. The fourth-order valence-electron chi connectivity index (χ4n) is 4.35. The highest BCUT2D eigenvalue weighted by Crippen LogP contribution is 2.46. The molecule has 0 fully saturated rings. The first-order valence-electron chi connectivity index (χ1n) is 10.3. The van der Waals surface area contributed by atoms with Gasteiger partial charge in [-0.3, -0.25) is 4.79 Å². The van der Waals surface area contributed by atoms with E-state index < -0.39 is 24.2 Å². The van der Waals surface area contributed by atoms with Gasteiger partial charge in [-0.2, -0.15) is 23.5 Å². The number of furan rings is 1. The fourth-order valence-corrected chi connectivity index (χ4v) is 6.14. The van der Waals surface area contributed by atoms with Crippen molar-refractivity contribution in [1.29, 1.82) is 5.26 Å². The van der Waals surface area contributed by atoms with Gasteiger partial charge < -0.3 is 15.1 Å². The van der Waals surface area contributed by atoms with Gasteiger partial charge in [-0.25, -0.2) is 4.68 Å². The minimum atomic E-state index is -4.58. The van der Waals surface area contributed by atoms with Crippen LogP contribution in [0.4, 0.5) is 24.0 Å². The first-order chi connectivity index (χ1) is 15.8. The molecule has 2 N–H and O–H groups in total. The van der Waals surface area contributed by atoms with Crippen molar-refractivity contribution in [3.05, 3.63) is 50.3 Å². The zero-order valence-corrected chi connectivity index (χ0v) is 19.4. The molecule has 5 rings (SSSR count). The maximum atomic E-state index is 13.9. The average molecular weight is 540 g/mol. The van der Waals surface area contributed by atoms with Crippen LogP contribution in [0.1, 0.15) is 63.6 Å². The fraction of sp³-hybridized carbons (Fsp3) is 0.381. The summed E-state index contributed by atoms with van der Waals surface area (Å²) >= 11 is 4.60. The third-order valence-electron chi connectivity index (χ3n) is 5.91. The van der Waals surface area contributed by atoms with E-state index in [0.717, 1.165) is 40.8 Å². The van der Waals surface area contributed by atoms with Crippen LogP contribution in [0.25, 0.3) is 0 Å². The molecule has 12 heteroatoms. The Morgan fingerprint density at radius 3 is 2.88 bits per heavy atom. The quantitative estimate of drug-likeness (QED) is 0.427. The lowest BCUT2D eigenvalue weighted by Crippen LogP contribution is -2.35. The second-order valence-corrected chi connectivity index (χ2v) is 9.84. The first kappa shape index (κ1) is 22.0. The number of anilines is 2. The van der Waals surface area contributed by atoms with Crippen molar-refractivity contribution in [2.75, 3.05) is 10.6 Å². The summed E-state index contributed by atoms with van der Waals surface area (Å²) in [6.45, 7) is 0. The van der Waals surface area contributed by atoms with Crippen LogP contribution in [-0.4, -0.2) is 21.9 Å². The van der Waals surface area contributed by atoms with E-state index in [4.69, 9.17) is 4.42 Å². The lowest BCUT2D eigenvalue weighted by atomic mass is 9.96. The van der Waals surface area contributed by atoms with E-state index in [1.807, 2.05) is 0 Å². The number of carbonyl (C=O) groups is 1. The summed E-state index contributed by atoms with van der Waals surface area (Å²) in [5.41, 5.74) is 1.18. The molecule has 172 valence electrons. The number of rotatable bonds is 3. The third kappa shape index (κ3) is 3.83. The summed E-state index contributed by atoms with van der Waals surface area (Å²) in [5, 5.41) is 19.7. The van der Waals surface area contributed by atoms with Gasteiger partial charge in [0.1, 0.15) is 22.6 Å². The van der Waals surface area contributed by atoms with E-state index >= 15 is 0 Å². The number of thiophene rings is 1. The molecule has 0 radical (unpaired) electrons. The summed E-state index contributed by atoms with van der Waals surface area (Å²) in [6, 6.07) is 2.68. The zero-order chi connectivity index (χ0) is 23.3. The predicted octanol–water partition coefficient (Wildman–Crippen LogP) is 5.96. The Morgan fingerprint density at radius 2 is 2.18 bits per heavy atom. The van der Waals surface area contributed by atoms with Gasteiger partial charge >= 0.3 is 6.18 Å². The first-order valence-corrected chi connectivity index (χ1v) is 11.9. The van der Waals surface area contributed by atoms with Crippen LogP contribution in [0, 0.1) is 11.3 Å². The molecule has 33 heavy (non-hydrogen) atoms. The smallest absolute Gasteiger partial charge is 0.410 e. The summed E-state index contributed by atoms with van der Waals surface area (Å²) in [7, 11) is 0. The number of alkyl halides is 3. The van der Waals surface area contributed by atoms with Gasteiger partial charge in [0.15, 0.2) is 11.7 Å². The summed E-state index contributed by atoms with van der Waals surface area (Å²) < 4.78 is 47.9. The van der Waals surface area contributed by atoms with E-state index in [-0.39, 0.29) is 22.4 Å². The highest BCUT2D eigenvalue weighted by Gasteiger charge is 2.48. The molecule has 0 saturated heterocycles. The number of nitrogens with one attached hydrogen (secondary N) is 2.